The van der Waals surface area contributed by atoms with Crippen LogP contribution < -0.4 is 10.1 Å². The van der Waals surface area contributed by atoms with Gasteiger partial charge >= 0.3 is 0 Å². The second-order valence-corrected chi connectivity index (χ2v) is 5.21. The summed E-state index contributed by atoms with van der Waals surface area (Å²) in [6.07, 6.45) is 5.93. The third-order valence-electron chi connectivity index (χ3n) is 3.57. The summed E-state index contributed by atoms with van der Waals surface area (Å²) < 4.78 is 5.73. The van der Waals surface area contributed by atoms with Gasteiger partial charge in [0.2, 0.25) is 0 Å². The Balaban J connectivity index is 1.71. The molecule has 0 spiro atoms. The monoisotopic (exact) mass is 245 g/mol. The number of Topliss-reactive ketones (excluding diaryl/α,β-unsaturated/α-hetero) is 1. The second kappa shape index (κ2) is 5.11. The molecule has 96 valence electrons. The zero-order chi connectivity index (χ0) is 12.4. The molecule has 1 aromatic rings. The molecule has 3 rings (SSSR count). The first-order valence-electron chi connectivity index (χ1n) is 6.87. The fraction of sp³-hybridized carbons (Fsp3) is 0.533. The van der Waals surface area contributed by atoms with Crippen molar-refractivity contribution in [2.45, 2.75) is 44.2 Å². The van der Waals surface area contributed by atoms with Gasteiger partial charge < -0.3 is 10.1 Å². The molecule has 2 aliphatic rings. The maximum atomic E-state index is 12.3. The minimum Gasteiger partial charge on any atom is -0.490 e. The Kier molecular flexibility index (Phi) is 3.33. The first kappa shape index (κ1) is 11.7. The number of carbonyl (C=O) groups is 1. The summed E-state index contributed by atoms with van der Waals surface area (Å²) >= 11 is 0. The third kappa shape index (κ3) is 2.72. The lowest BCUT2D eigenvalue weighted by atomic mass is 9.96. The Labute approximate surface area is 108 Å². The van der Waals surface area contributed by atoms with Gasteiger partial charge in [-0.15, -0.1) is 0 Å². The first-order valence-corrected chi connectivity index (χ1v) is 6.87. The number of ketones is 1. The van der Waals surface area contributed by atoms with Crippen molar-refractivity contribution in [3.63, 3.8) is 0 Å². The Bertz CT molecular complexity index is 434. The molecule has 1 heterocycles. The summed E-state index contributed by atoms with van der Waals surface area (Å²) in [5.41, 5.74) is 0.771. The van der Waals surface area contributed by atoms with Crippen molar-refractivity contribution in [3.8, 4) is 5.75 Å². The number of ether oxygens (including phenoxy) is 1. The van der Waals surface area contributed by atoms with Crippen molar-refractivity contribution < 1.29 is 9.53 Å². The van der Waals surface area contributed by atoms with E-state index in [1.165, 1.54) is 6.42 Å². The lowest BCUT2D eigenvalue weighted by molar-refractivity contribution is 0.0926. The predicted molar refractivity (Wildman–Crippen MR) is 70.1 cm³/mol. The molecule has 0 amide bonds. The molecule has 0 bridgehead atoms. The van der Waals surface area contributed by atoms with Crippen LogP contribution in [-0.2, 0) is 0 Å². The Morgan fingerprint density at radius 3 is 2.83 bits per heavy atom. The smallest absolute Gasteiger partial charge is 0.179 e. The van der Waals surface area contributed by atoms with E-state index in [0.29, 0.717) is 6.10 Å². The van der Waals surface area contributed by atoms with Gasteiger partial charge in [0, 0.05) is 5.56 Å². The molecule has 1 atom stereocenters. The maximum Gasteiger partial charge on any atom is 0.179 e. The van der Waals surface area contributed by atoms with Crippen molar-refractivity contribution in [2.24, 2.45) is 0 Å². The Hall–Kier alpha value is -1.35. The third-order valence-corrected chi connectivity index (χ3v) is 3.57. The summed E-state index contributed by atoms with van der Waals surface area (Å²) in [4.78, 5) is 12.3. The SMILES string of the molecule is O=C(c1cccc(OC2CC2)c1)C1CCCCN1. The van der Waals surface area contributed by atoms with E-state index in [4.69, 9.17) is 4.74 Å². The molecule has 3 heteroatoms. The highest BCUT2D eigenvalue weighted by atomic mass is 16.5. The van der Waals surface area contributed by atoms with Crippen molar-refractivity contribution in [1.82, 2.24) is 5.32 Å². The summed E-state index contributed by atoms with van der Waals surface area (Å²) in [5, 5.41) is 3.30. The number of hydrogen-bond acceptors (Lipinski definition) is 3. The number of piperidine rings is 1. The molecule has 0 aromatic heterocycles. The summed E-state index contributed by atoms with van der Waals surface area (Å²) in [6.45, 7) is 0.953. The number of benzene rings is 1. The lowest BCUT2D eigenvalue weighted by Crippen LogP contribution is -2.40. The van der Waals surface area contributed by atoms with Crippen LogP contribution in [0, 0.1) is 0 Å². The number of nitrogens with one attached hydrogen (secondary N) is 1. The molecule has 1 N–H and O–H groups in total. The van der Waals surface area contributed by atoms with E-state index in [9.17, 15) is 4.79 Å². The second-order valence-electron chi connectivity index (χ2n) is 5.21. The fourth-order valence-corrected chi connectivity index (χ4v) is 2.38. The van der Waals surface area contributed by atoms with Crippen LogP contribution >= 0.6 is 0 Å². The van der Waals surface area contributed by atoms with E-state index in [1.54, 1.807) is 0 Å². The van der Waals surface area contributed by atoms with E-state index >= 15 is 0 Å². The van der Waals surface area contributed by atoms with Crippen LogP contribution in [0.1, 0.15) is 42.5 Å². The molecular weight excluding hydrogens is 226 g/mol. The van der Waals surface area contributed by atoms with Crippen molar-refractivity contribution in [1.29, 1.82) is 0 Å². The molecule has 1 aliphatic carbocycles. The quantitative estimate of drug-likeness (QED) is 0.828. The van der Waals surface area contributed by atoms with Gasteiger partial charge in [-0.1, -0.05) is 18.6 Å². The van der Waals surface area contributed by atoms with Gasteiger partial charge in [-0.05, 0) is 44.4 Å². The van der Waals surface area contributed by atoms with Crippen LogP contribution in [0.5, 0.6) is 5.75 Å². The van der Waals surface area contributed by atoms with Crippen molar-refractivity contribution in [2.75, 3.05) is 6.54 Å². The van der Waals surface area contributed by atoms with E-state index in [0.717, 1.165) is 43.5 Å². The van der Waals surface area contributed by atoms with Gasteiger partial charge in [0.05, 0.1) is 12.1 Å². The minimum atomic E-state index is -0.00470. The highest BCUT2D eigenvalue weighted by Gasteiger charge is 2.25. The average molecular weight is 245 g/mol. The zero-order valence-corrected chi connectivity index (χ0v) is 10.5. The van der Waals surface area contributed by atoms with Crippen LogP contribution in [-0.4, -0.2) is 24.5 Å². The van der Waals surface area contributed by atoms with Crippen LogP contribution in [0.3, 0.4) is 0 Å². The van der Waals surface area contributed by atoms with Crippen molar-refractivity contribution >= 4 is 5.78 Å². The molecule has 1 aromatic carbocycles. The van der Waals surface area contributed by atoms with E-state index in [1.807, 2.05) is 24.3 Å². The van der Waals surface area contributed by atoms with Gasteiger partial charge in [0.1, 0.15) is 5.75 Å². The van der Waals surface area contributed by atoms with Gasteiger partial charge in [0.15, 0.2) is 5.78 Å². The standard InChI is InChI=1S/C15H19NO2/c17-15(14-6-1-2-9-16-14)11-4-3-5-13(10-11)18-12-7-8-12/h3-5,10,12,14,16H,1-2,6-9H2. The fourth-order valence-electron chi connectivity index (χ4n) is 2.38. The molecule has 1 aliphatic heterocycles. The van der Waals surface area contributed by atoms with Crippen LogP contribution in [0.2, 0.25) is 0 Å². The molecular formula is C15H19NO2. The normalized spacial score (nSPS) is 23.7. The number of rotatable bonds is 4. The highest BCUT2D eigenvalue weighted by Crippen LogP contribution is 2.27. The Morgan fingerprint density at radius 2 is 2.11 bits per heavy atom. The van der Waals surface area contributed by atoms with Gasteiger partial charge in [-0.2, -0.15) is 0 Å². The molecule has 1 unspecified atom stereocenters. The summed E-state index contributed by atoms with van der Waals surface area (Å²) in [6, 6.07) is 7.61. The topological polar surface area (TPSA) is 38.3 Å². The molecule has 2 fully saturated rings. The predicted octanol–water partition coefficient (Wildman–Crippen LogP) is 2.55. The number of hydrogen-bond donors (Lipinski definition) is 1. The van der Waals surface area contributed by atoms with Crippen LogP contribution in [0.25, 0.3) is 0 Å². The summed E-state index contributed by atoms with van der Waals surface area (Å²) in [5.74, 6) is 1.04. The molecule has 18 heavy (non-hydrogen) atoms. The molecule has 0 radical (unpaired) electrons. The summed E-state index contributed by atoms with van der Waals surface area (Å²) in [7, 11) is 0. The van der Waals surface area contributed by atoms with E-state index in [2.05, 4.69) is 5.32 Å². The van der Waals surface area contributed by atoms with E-state index < -0.39 is 0 Å². The Morgan fingerprint density at radius 1 is 1.22 bits per heavy atom. The van der Waals surface area contributed by atoms with E-state index in [-0.39, 0.29) is 11.8 Å². The van der Waals surface area contributed by atoms with Gasteiger partial charge in [-0.3, -0.25) is 4.79 Å². The zero-order valence-electron chi connectivity index (χ0n) is 10.5. The maximum absolute atomic E-state index is 12.3. The largest absolute Gasteiger partial charge is 0.490 e. The van der Waals surface area contributed by atoms with Gasteiger partial charge in [-0.25, -0.2) is 0 Å². The first-order chi connectivity index (χ1) is 8.83. The van der Waals surface area contributed by atoms with Crippen molar-refractivity contribution in [3.05, 3.63) is 29.8 Å². The number of carbonyl (C=O) groups excluding carboxylic acids is 1. The van der Waals surface area contributed by atoms with Gasteiger partial charge in [0.25, 0.3) is 0 Å². The molecule has 3 nitrogen and oxygen atoms in total. The van der Waals surface area contributed by atoms with Crippen LogP contribution in [0.15, 0.2) is 24.3 Å². The molecule has 1 saturated heterocycles. The highest BCUT2D eigenvalue weighted by molar-refractivity contribution is 6.00. The van der Waals surface area contributed by atoms with Crippen LogP contribution in [0.4, 0.5) is 0 Å². The minimum absolute atomic E-state index is 0.00470. The average Bonchev–Trinajstić information content (AvgIpc) is 3.23. The molecule has 1 saturated carbocycles. The lowest BCUT2D eigenvalue weighted by Gasteiger charge is -2.22.